The van der Waals surface area contributed by atoms with Crippen molar-refractivity contribution in [2.75, 3.05) is 13.2 Å². The Balaban J connectivity index is 2.77. The lowest BCUT2D eigenvalue weighted by Crippen LogP contribution is -2.38. The van der Waals surface area contributed by atoms with Crippen LogP contribution in [0.1, 0.15) is 45.2 Å². The summed E-state index contributed by atoms with van der Waals surface area (Å²) in [6.45, 7) is 5.10. The molecule has 0 saturated carbocycles. The second kappa shape index (κ2) is 8.74. The van der Waals surface area contributed by atoms with Crippen LogP contribution >= 0.6 is 0 Å². The van der Waals surface area contributed by atoms with Gasteiger partial charge >= 0.3 is 0 Å². The van der Waals surface area contributed by atoms with Gasteiger partial charge in [0.25, 0.3) is 0 Å². The van der Waals surface area contributed by atoms with Crippen molar-refractivity contribution >= 4 is 5.91 Å². The highest BCUT2D eigenvalue weighted by Gasteiger charge is 2.23. The summed E-state index contributed by atoms with van der Waals surface area (Å²) < 4.78 is 1.91. The number of aromatic nitrogens is 2. The fraction of sp³-hybridized carbons (Fsp3) is 0.733. The molecule has 0 fully saturated rings. The minimum Gasteiger partial charge on any atom is -0.395 e. The molecular weight excluding hydrogens is 254 g/mol. The number of nitrogens with zero attached hydrogens (tertiary/aromatic N) is 3. The maximum atomic E-state index is 12.6. The molecule has 1 aromatic rings. The first-order valence-electron chi connectivity index (χ1n) is 7.48. The van der Waals surface area contributed by atoms with Crippen LogP contribution in [-0.2, 0) is 18.4 Å². The molecule has 5 nitrogen and oxygen atoms in total. The molecule has 1 amide bonds. The van der Waals surface area contributed by atoms with Crippen LogP contribution in [0.3, 0.4) is 0 Å². The third-order valence-electron chi connectivity index (χ3n) is 3.57. The molecule has 114 valence electrons. The Hall–Kier alpha value is -1.36. The van der Waals surface area contributed by atoms with Crippen LogP contribution in [0, 0.1) is 5.92 Å². The fourth-order valence-corrected chi connectivity index (χ4v) is 2.47. The van der Waals surface area contributed by atoms with E-state index in [4.69, 9.17) is 0 Å². The lowest BCUT2D eigenvalue weighted by atomic mass is 9.96. The first kappa shape index (κ1) is 16.7. The molecule has 20 heavy (non-hydrogen) atoms. The first-order chi connectivity index (χ1) is 9.63. The Kier molecular flexibility index (Phi) is 7.30. The van der Waals surface area contributed by atoms with Gasteiger partial charge in [-0.05, 0) is 12.8 Å². The second-order valence-corrected chi connectivity index (χ2v) is 5.25. The molecule has 0 spiro atoms. The Labute approximate surface area is 121 Å². The SMILES string of the molecule is CCCC(CCC)C(=O)N(CCO)Cc1cncn1C. The molecule has 5 heteroatoms. The molecular formula is C15H27N3O2. The minimum absolute atomic E-state index is 0.00540. The number of hydrogen-bond donors (Lipinski definition) is 1. The van der Waals surface area contributed by atoms with E-state index >= 15 is 0 Å². The maximum absolute atomic E-state index is 12.6. The molecule has 0 aliphatic rings. The van der Waals surface area contributed by atoms with E-state index in [9.17, 15) is 9.90 Å². The monoisotopic (exact) mass is 281 g/mol. The number of aliphatic hydroxyl groups is 1. The number of amides is 1. The predicted molar refractivity (Wildman–Crippen MR) is 79.0 cm³/mol. The van der Waals surface area contributed by atoms with E-state index in [1.807, 2.05) is 11.6 Å². The average molecular weight is 281 g/mol. The molecule has 0 unspecified atom stereocenters. The summed E-state index contributed by atoms with van der Waals surface area (Å²) in [6.07, 6.45) is 7.35. The summed E-state index contributed by atoms with van der Waals surface area (Å²) in [4.78, 5) is 18.5. The Morgan fingerprint density at radius 1 is 1.40 bits per heavy atom. The number of imidazole rings is 1. The van der Waals surface area contributed by atoms with Crippen LogP contribution in [-0.4, -0.2) is 38.6 Å². The zero-order chi connectivity index (χ0) is 15.0. The Bertz CT molecular complexity index is 398. The molecule has 0 radical (unpaired) electrons. The molecule has 0 aliphatic carbocycles. The summed E-state index contributed by atoms with van der Waals surface area (Å²) in [5.41, 5.74) is 0.985. The van der Waals surface area contributed by atoms with Crippen LogP contribution in [0.15, 0.2) is 12.5 Å². The Morgan fingerprint density at radius 3 is 2.50 bits per heavy atom. The molecule has 0 saturated heterocycles. The molecule has 0 aromatic carbocycles. The molecule has 0 bridgehead atoms. The van der Waals surface area contributed by atoms with E-state index in [-0.39, 0.29) is 18.4 Å². The fourth-order valence-electron chi connectivity index (χ4n) is 2.47. The number of aliphatic hydroxyl groups excluding tert-OH is 1. The van der Waals surface area contributed by atoms with Crippen LogP contribution < -0.4 is 0 Å². The smallest absolute Gasteiger partial charge is 0.226 e. The standard InChI is InChI=1S/C15H27N3O2/c1-4-6-13(7-5-2)15(20)18(8-9-19)11-14-10-16-12-17(14)3/h10,12-13,19H,4-9,11H2,1-3H3. The van der Waals surface area contributed by atoms with Gasteiger partial charge in [-0.15, -0.1) is 0 Å². The van der Waals surface area contributed by atoms with E-state index in [0.717, 1.165) is 31.4 Å². The van der Waals surface area contributed by atoms with E-state index in [1.165, 1.54) is 0 Å². The van der Waals surface area contributed by atoms with Gasteiger partial charge in [-0.25, -0.2) is 4.98 Å². The van der Waals surface area contributed by atoms with Crippen LogP contribution in [0.2, 0.25) is 0 Å². The van der Waals surface area contributed by atoms with Crippen LogP contribution in [0.4, 0.5) is 0 Å². The Morgan fingerprint density at radius 2 is 2.05 bits per heavy atom. The molecule has 0 aliphatic heterocycles. The van der Waals surface area contributed by atoms with Gasteiger partial charge in [0.05, 0.1) is 25.2 Å². The lowest BCUT2D eigenvalue weighted by molar-refractivity contribution is -0.137. The summed E-state index contributed by atoms with van der Waals surface area (Å²) in [5, 5.41) is 9.21. The second-order valence-electron chi connectivity index (χ2n) is 5.25. The minimum atomic E-state index is -0.00540. The highest BCUT2D eigenvalue weighted by atomic mass is 16.3. The van der Waals surface area contributed by atoms with Gasteiger partial charge in [0.1, 0.15) is 0 Å². The van der Waals surface area contributed by atoms with Crippen molar-refractivity contribution in [3.8, 4) is 0 Å². The maximum Gasteiger partial charge on any atom is 0.226 e. The molecule has 1 heterocycles. The first-order valence-corrected chi connectivity index (χ1v) is 7.48. The van der Waals surface area contributed by atoms with Crippen LogP contribution in [0.5, 0.6) is 0 Å². The zero-order valence-corrected chi connectivity index (χ0v) is 12.9. The summed E-state index contributed by atoms with van der Waals surface area (Å²) in [5.74, 6) is 0.230. The number of carbonyl (C=O) groups excluding carboxylic acids is 1. The van der Waals surface area contributed by atoms with Crippen molar-refractivity contribution in [2.45, 2.75) is 46.1 Å². The van der Waals surface area contributed by atoms with Gasteiger partial charge in [-0.3, -0.25) is 4.79 Å². The quantitative estimate of drug-likeness (QED) is 0.752. The number of hydrogen-bond acceptors (Lipinski definition) is 3. The largest absolute Gasteiger partial charge is 0.395 e. The number of carbonyl (C=O) groups is 1. The van der Waals surface area contributed by atoms with E-state index in [0.29, 0.717) is 13.1 Å². The molecule has 1 N–H and O–H groups in total. The van der Waals surface area contributed by atoms with Crippen molar-refractivity contribution in [3.05, 3.63) is 18.2 Å². The van der Waals surface area contributed by atoms with Crippen molar-refractivity contribution in [3.63, 3.8) is 0 Å². The molecule has 0 atom stereocenters. The highest BCUT2D eigenvalue weighted by Crippen LogP contribution is 2.18. The predicted octanol–water partition coefficient (Wildman–Crippen LogP) is 1.96. The van der Waals surface area contributed by atoms with Crippen LogP contribution in [0.25, 0.3) is 0 Å². The van der Waals surface area contributed by atoms with Gasteiger partial charge in [-0.1, -0.05) is 26.7 Å². The van der Waals surface area contributed by atoms with E-state index < -0.39 is 0 Å². The number of rotatable bonds is 9. The van der Waals surface area contributed by atoms with Gasteiger partial charge in [0.2, 0.25) is 5.91 Å². The van der Waals surface area contributed by atoms with Crippen molar-refractivity contribution in [1.82, 2.24) is 14.5 Å². The van der Waals surface area contributed by atoms with E-state index in [1.54, 1.807) is 17.4 Å². The van der Waals surface area contributed by atoms with E-state index in [2.05, 4.69) is 18.8 Å². The summed E-state index contributed by atoms with van der Waals surface area (Å²) in [6, 6.07) is 0. The topological polar surface area (TPSA) is 58.4 Å². The zero-order valence-electron chi connectivity index (χ0n) is 12.9. The lowest BCUT2D eigenvalue weighted by Gasteiger charge is -2.26. The number of aryl methyl sites for hydroxylation is 1. The molecule has 1 aromatic heterocycles. The summed E-state index contributed by atoms with van der Waals surface area (Å²) >= 11 is 0. The van der Waals surface area contributed by atoms with Crippen molar-refractivity contribution in [2.24, 2.45) is 13.0 Å². The van der Waals surface area contributed by atoms with Crippen molar-refractivity contribution < 1.29 is 9.90 Å². The summed E-state index contributed by atoms with van der Waals surface area (Å²) in [7, 11) is 1.92. The van der Waals surface area contributed by atoms with Crippen molar-refractivity contribution in [1.29, 1.82) is 0 Å². The average Bonchev–Trinajstić information content (AvgIpc) is 2.83. The normalized spacial score (nSPS) is 11.1. The highest BCUT2D eigenvalue weighted by molar-refractivity contribution is 5.78. The van der Waals surface area contributed by atoms with Gasteiger partial charge in [0.15, 0.2) is 0 Å². The third-order valence-corrected chi connectivity index (χ3v) is 3.57. The van der Waals surface area contributed by atoms with Gasteiger partial charge < -0.3 is 14.6 Å². The molecule has 1 rings (SSSR count). The van der Waals surface area contributed by atoms with Gasteiger partial charge in [-0.2, -0.15) is 0 Å². The third kappa shape index (κ3) is 4.63. The van der Waals surface area contributed by atoms with Gasteiger partial charge in [0, 0.05) is 25.7 Å².